The van der Waals surface area contributed by atoms with Crippen molar-refractivity contribution < 1.29 is 8.78 Å². The summed E-state index contributed by atoms with van der Waals surface area (Å²) in [6.45, 7) is 1.91. The first kappa shape index (κ1) is 20.5. The van der Waals surface area contributed by atoms with Crippen molar-refractivity contribution in [3.05, 3.63) is 82.9 Å². The third-order valence-electron chi connectivity index (χ3n) is 5.15. The molecule has 5 rings (SSSR count). The molecule has 0 radical (unpaired) electrons. The van der Waals surface area contributed by atoms with Crippen molar-refractivity contribution >= 4 is 33.6 Å². The second-order valence-corrected chi connectivity index (χ2v) is 7.32. The lowest BCUT2D eigenvalue weighted by atomic mass is 10.1. The quantitative estimate of drug-likeness (QED) is 0.362. The van der Waals surface area contributed by atoms with Crippen LogP contribution in [0.4, 0.5) is 20.3 Å². The normalized spacial score (nSPS) is 12.2. The van der Waals surface area contributed by atoms with E-state index >= 15 is 0 Å². The minimum absolute atomic E-state index is 0.0690. The van der Waals surface area contributed by atoms with E-state index < -0.39 is 23.2 Å². The third kappa shape index (κ3) is 3.84. The van der Waals surface area contributed by atoms with Gasteiger partial charge in [0.25, 0.3) is 5.56 Å². The second kappa shape index (κ2) is 8.26. The molecule has 11 heteroatoms. The summed E-state index contributed by atoms with van der Waals surface area (Å²) < 4.78 is 28.8. The average molecular weight is 448 g/mol. The first-order valence-electron chi connectivity index (χ1n) is 10.2. The molecule has 0 spiro atoms. The fourth-order valence-corrected chi connectivity index (χ4v) is 3.62. The van der Waals surface area contributed by atoms with Crippen LogP contribution in [0.2, 0.25) is 0 Å². The van der Waals surface area contributed by atoms with Crippen LogP contribution in [0.25, 0.3) is 22.1 Å². The maximum atomic E-state index is 13.8. The van der Waals surface area contributed by atoms with Gasteiger partial charge in [0.2, 0.25) is 0 Å². The van der Waals surface area contributed by atoms with Crippen LogP contribution in [0.3, 0.4) is 0 Å². The van der Waals surface area contributed by atoms with E-state index in [9.17, 15) is 13.6 Å². The van der Waals surface area contributed by atoms with E-state index in [4.69, 9.17) is 4.98 Å². The van der Waals surface area contributed by atoms with Crippen molar-refractivity contribution in [3.63, 3.8) is 0 Å². The minimum Gasteiger partial charge on any atom is -0.358 e. The van der Waals surface area contributed by atoms with Gasteiger partial charge in [0.05, 0.1) is 29.0 Å². The molecule has 5 aromatic rings. The third-order valence-corrected chi connectivity index (χ3v) is 5.15. The smallest absolute Gasteiger partial charge is 0.280 e. The van der Waals surface area contributed by atoms with Gasteiger partial charge in [-0.3, -0.25) is 10.2 Å². The predicted octanol–water partition coefficient (Wildman–Crippen LogP) is 3.78. The van der Waals surface area contributed by atoms with Crippen LogP contribution < -0.4 is 16.3 Å². The summed E-state index contributed by atoms with van der Waals surface area (Å²) >= 11 is 0. The molecule has 3 aromatic heterocycles. The largest absolute Gasteiger partial charge is 0.358 e. The topological polar surface area (TPSA) is 113 Å². The van der Waals surface area contributed by atoms with Crippen molar-refractivity contribution in [1.82, 2.24) is 29.6 Å². The Hall–Kier alpha value is -4.41. The highest BCUT2D eigenvalue weighted by Crippen LogP contribution is 2.25. The summed E-state index contributed by atoms with van der Waals surface area (Å²) in [5.41, 5.74) is 4.06. The number of hydrogen-bond acceptors (Lipinski definition) is 7. The molecule has 0 amide bonds. The summed E-state index contributed by atoms with van der Waals surface area (Å²) in [6, 6.07) is 9.34. The van der Waals surface area contributed by atoms with Crippen LogP contribution in [-0.4, -0.2) is 29.6 Å². The van der Waals surface area contributed by atoms with Gasteiger partial charge < -0.3 is 10.3 Å². The van der Waals surface area contributed by atoms with Crippen molar-refractivity contribution in [2.24, 2.45) is 0 Å². The summed E-state index contributed by atoms with van der Waals surface area (Å²) in [5.74, 6) is -0.770. The van der Waals surface area contributed by atoms with E-state index in [0.29, 0.717) is 40.1 Å². The number of para-hydroxylation sites is 1. The van der Waals surface area contributed by atoms with Gasteiger partial charge in [0.15, 0.2) is 17.3 Å². The fraction of sp³-hybridized carbons (Fsp3) is 0.136. The molecular formula is C22H18F2N8O. The van der Waals surface area contributed by atoms with E-state index in [1.807, 2.05) is 6.92 Å². The predicted molar refractivity (Wildman–Crippen MR) is 120 cm³/mol. The molecule has 166 valence electrons. The molecule has 2 aromatic carbocycles. The molecule has 3 N–H and O–H groups in total. The number of rotatable bonds is 6. The zero-order valence-electron chi connectivity index (χ0n) is 17.4. The molecule has 0 saturated heterocycles. The number of H-pyrrole nitrogens is 1. The molecule has 0 aliphatic heterocycles. The molecule has 0 unspecified atom stereocenters. The Balaban J connectivity index is 1.65. The summed E-state index contributed by atoms with van der Waals surface area (Å²) in [7, 11) is 0. The van der Waals surface area contributed by atoms with Crippen LogP contribution >= 0.6 is 0 Å². The standard InChI is InChI=1S/C22H18F2N8O/c1-2-16(29-20-18-19(26-10-25-18)27-11-28-20)21-30-17-6-4-3-5-15(17)22(33)32(21)31-14-8-12(23)7-13(24)9-14/h3-11,16,31H,2H2,1H3,(H2,25,26,27,28,29)/t16-/m0/s1. The van der Waals surface area contributed by atoms with E-state index in [0.717, 1.165) is 18.2 Å². The number of nitrogens with one attached hydrogen (secondary N) is 3. The Morgan fingerprint density at radius 3 is 2.67 bits per heavy atom. The van der Waals surface area contributed by atoms with Gasteiger partial charge in [0, 0.05) is 6.07 Å². The number of nitrogens with zero attached hydrogens (tertiary/aromatic N) is 5. The van der Waals surface area contributed by atoms with Gasteiger partial charge >= 0.3 is 0 Å². The van der Waals surface area contributed by atoms with Gasteiger partial charge in [0.1, 0.15) is 23.5 Å². The Kier molecular flexibility index (Phi) is 5.13. The molecule has 9 nitrogen and oxygen atoms in total. The Labute approximate surface area is 185 Å². The number of aromatic amines is 1. The lowest BCUT2D eigenvalue weighted by Gasteiger charge is -2.22. The van der Waals surface area contributed by atoms with Crippen molar-refractivity contribution in [1.29, 1.82) is 0 Å². The molecule has 0 bridgehead atoms. The molecule has 1 atom stereocenters. The van der Waals surface area contributed by atoms with E-state index in [1.54, 1.807) is 24.3 Å². The minimum atomic E-state index is -0.770. The maximum Gasteiger partial charge on any atom is 0.280 e. The zero-order chi connectivity index (χ0) is 22.9. The molecule has 0 aliphatic rings. The van der Waals surface area contributed by atoms with Crippen LogP contribution in [0.15, 0.2) is 59.9 Å². The highest BCUT2D eigenvalue weighted by Gasteiger charge is 2.21. The summed E-state index contributed by atoms with van der Waals surface area (Å²) in [4.78, 5) is 33.6. The number of aromatic nitrogens is 6. The van der Waals surface area contributed by atoms with Gasteiger partial charge in [-0.1, -0.05) is 19.1 Å². The molecule has 33 heavy (non-hydrogen) atoms. The first-order valence-corrected chi connectivity index (χ1v) is 10.2. The van der Waals surface area contributed by atoms with Gasteiger partial charge in [-0.25, -0.2) is 33.4 Å². The number of benzene rings is 2. The van der Waals surface area contributed by atoms with Crippen molar-refractivity contribution in [2.45, 2.75) is 19.4 Å². The average Bonchev–Trinajstić information content (AvgIpc) is 3.28. The lowest BCUT2D eigenvalue weighted by molar-refractivity contribution is 0.582. The number of hydrogen-bond donors (Lipinski definition) is 3. The number of fused-ring (bicyclic) bond motifs is 2. The lowest BCUT2D eigenvalue weighted by Crippen LogP contribution is -2.34. The zero-order valence-corrected chi connectivity index (χ0v) is 17.4. The van der Waals surface area contributed by atoms with E-state index in [1.165, 1.54) is 17.3 Å². The summed E-state index contributed by atoms with van der Waals surface area (Å²) in [6.07, 6.45) is 3.42. The van der Waals surface area contributed by atoms with Crippen LogP contribution in [0, 0.1) is 11.6 Å². The van der Waals surface area contributed by atoms with Crippen LogP contribution in [-0.2, 0) is 0 Å². The highest BCUT2D eigenvalue weighted by atomic mass is 19.1. The highest BCUT2D eigenvalue weighted by molar-refractivity contribution is 5.82. The molecule has 0 saturated carbocycles. The van der Waals surface area contributed by atoms with Gasteiger partial charge in [-0.05, 0) is 30.7 Å². The monoisotopic (exact) mass is 448 g/mol. The Morgan fingerprint density at radius 1 is 1.09 bits per heavy atom. The van der Waals surface area contributed by atoms with Crippen molar-refractivity contribution in [3.8, 4) is 0 Å². The second-order valence-electron chi connectivity index (χ2n) is 7.32. The van der Waals surface area contributed by atoms with Crippen LogP contribution in [0.5, 0.6) is 0 Å². The molecule has 0 aliphatic carbocycles. The van der Waals surface area contributed by atoms with E-state index in [-0.39, 0.29) is 5.69 Å². The first-order chi connectivity index (χ1) is 16.0. The van der Waals surface area contributed by atoms with Crippen LogP contribution in [0.1, 0.15) is 25.2 Å². The van der Waals surface area contributed by atoms with E-state index in [2.05, 4.69) is 30.7 Å². The number of halogens is 2. The maximum absolute atomic E-state index is 13.8. The number of imidazole rings is 1. The Bertz CT molecular complexity index is 1510. The molecule has 0 fully saturated rings. The van der Waals surface area contributed by atoms with Crippen molar-refractivity contribution in [2.75, 3.05) is 10.7 Å². The van der Waals surface area contributed by atoms with Gasteiger partial charge in [-0.2, -0.15) is 0 Å². The molecular weight excluding hydrogens is 430 g/mol. The SMILES string of the molecule is CC[C@H](Nc1ncnc2[nH]cnc12)c1nc2ccccc2c(=O)n1Nc1cc(F)cc(F)c1. The fourth-order valence-electron chi connectivity index (χ4n) is 3.62. The van der Waals surface area contributed by atoms with Gasteiger partial charge in [-0.15, -0.1) is 0 Å². The summed E-state index contributed by atoms with van der Waals surface area (Å²) in [5, 5.41) is 3.63. The molecule has 3 heterocycles. The Morgan fingerprint density at radius 2 is 1.88 bits per heavy atom. The number of anilines is 2.